The fraction of sp³-hybridized carbons (Fsp3) is 0.444. The van der Waals surface area contributed by atoms with E-state index in [9.17, 15) is 4.79 Å². The Kier molecular flexibility index (Phi) is 4.37. The van der Waals surface area contributed by atoms with E-state index in [-0.39, 0.29) is 5.91 Å². The molecule has 0 aliphatic carbocycles. The molecule has 0 bridgehead atoms. The normalized spacial score (nSPS) is 17.5. The number of amides is 1. The molecule has 1 unspecified atom stereocenters. The number of aryl methyl sites for hydroxylation is 2. The van der Waals surface area contributed by atoms with Gasteiger partial charge in [-0.25, -0.2) is 0 Å². The number of benzene rings is 1. The molecule has 1 aliphatic rings. The van der Waals surface area contributed by atoms with Crippen LogP contribution >= 0.6 is 0 Å². The summed E-state index contributed by atoms with van der Waals surface area (Å²) in [7, 11) is 1.67. The summed E-state index contributed by atoms with van der Waals surface area (Å²) in [5.74, 6) is 2.01. The van der Waals surface area contributed by atoms with Gasteiger partial charge < -0.3 is 14.2 Å². The van der Waals surface area contributed by atoms with Crippen molar-refractivity contribution in [3.63, 3.8) is 0 Å². The van der Waals surface area contributed by atoms with Crippen LogP contribution in [0.2, 0.25) is 0 Å². The number of nitrogens with zero attached hydrogens (tertiary/aromatic N) is 2. The van der Waals surface area contributed by atoms with Gasteiger partial charge in [0.1, 0.15) is 17.1 Å². The predicted octanol–water partition coefficient (Wildman–Crippen LogP) is 3.00. The minimum absolute atomic E-state index is 0.0403. The van der Waals surface area contributed by atoms with E-state index < -0.39 is 0 Å². The van der Waals surface area contributed by atoms with Gasteiger partial charge >= 0.3 is 0 Å². The molecule has 5 heteroatoms. The standard InChI is InChI=1S/C18H22N2O3/c1-12-17(13(2)23-19-12)18(21)20-9-8-15(11-20)10-14-4-6-16(22-3)7-5-14/h4-7,15H,8-11H2,1-3H3. The molecular weight excluding hydrogens is 292 g/mol. The average Bonchev–Trinajstić information content (AvgIpc) is 3.15. The zero-order valence-corrected chi connectivity index (χ0v) is 13.8. The smallest absolute Gasteiger partial charge is 0.259 e. The lowest BCUT2D eigenvalue weighted by atomic mass is 9.99. The maximum atomic E-state index is 12.6. The molecule has 0 saturated carbocycles. The van der Waals surface area contributed by atoms with Crippen LogP contribution in [0.3, 0.4) is 0 Å². The summed E-state index contributed by atoms with van der Waals surface area (Å²) in [6, 6.07) is 8.16. The Hall–Kier alpha value is -2.30. The molecule has 3 rings (SSSR count). The Labute approximate surface area is 136 Å². The van der Waals surface area contributed by atoms with Crippen LogP contribution in [-0.2, 0) is 6.42 Å². The molecule has 2 aromatic rings. The second-order valence-electron chi connectivity index (χ2n) is 6.16. The lowest BCUT2D eigenvalue weighted by molar-refractivity contribution is 0.0784. The minimum atomic E-state index is 0.0403. The van der Waals surface area contributed by atoms with Crippen LogP contribution in [0.4, 0.5) is 0 Å². The van der Waals surface area contributed by atoms with Crippen molar-refractivity contribution in [2.24, 2.45) is 5.92 Å². The van der Waals surface area contributed by atoms with Gasteiger partial charge in [-0.1, -0.05) is 17.3 Å². The van der Waals surface area contributed by atoms with E-state index in [0.29, 0.717) is 22.9 Å². The molecule has 1 saturated heterocycles. The molecule has 1 atom stereocenters. The first-order valence-corrected chi connectivity index (χ1v) is 7.93. The van der Waals surface area contributed by atoms with E-state index in [0.717, 1.165) is 31.7 Å². The highest BCUT2D eigenvalue weighted by molar-refractivity contribution is 5.96. The Morgan fingerprint density at radius 2 is 2.09 bits per heavy atom. The van der Waals surface area contributed by atoms with Gasteiger partial charge in [-0.2, -0.15) is 0 Å². The number of hydrogen-bond acceptors (Lipinski definition) is 4. The highest BCUT2D eigenvalue weighted by Gasteiger charge is 2.30. The van der Waals surface area contributed by atoms with Gasteiger partial charge in [-0.05, 0) is 50.3 Å². The topological polar surface area (TPSA) is 55.6 Å². The van der Waals surface area contributed by atoms with Gasteiger partial charge in [-0.15, -0.1) is 0 Å². The number of methoxy groups -OCH3 is 1. The third-order valence-electron chi connectivity index (χ3n) is 4.50. The van der Waals surface area contributed by atoms with Crippen molar-refractivity contribution in [3.05, 3.63) is 46.8 Å². The molecule has 0 N–H and O–H groups in total. The predicted molar refractivity (Wildman–Crippen MR) is 86.7 cm³/mol. The first-order valence-electron chi connectivity index (χ1n) is 7.93. The van der Waals surface area contributed by atoms with Crippen LogP contribution in [0.15, 0.2) is 28.8 Å². The summed E-state index contributed by atoms with van der Waals surface area (Å²) < 4.78 is 10.3. The van der Waals surface area contributed by atoms with Gasteiger partial charge in [0.25, 0.3) is 5.91 Å². The van der Waals surface area contributed by atoms with E-state index in [1.165, 1.54) is 5.56 Å². The van der Waals surface area contributed by atoms with Crippen molar-refractivity contribution in [1.29, 1.82) is 0 Å². The van der Waals surface area contributed by atoms with Crippen molar-refractivity contribution < 1.29 is 14.1 Å². The SMILES string of the molecule is COc1ccc(CC2CCN(C(=O)c3c(C)noc3C)C2)cc1. The average molecular weight is 314 g/mol. The first kappa shape index (κ1) is 15.6. The number of hydrogen-bond donors (Lipinski definition) is 0. The van der Waals surface area contributed by atoms with Gasteiger partial charge in [0, 0.05) is 13.1 Å². The molecule has 5 nitrogen and oxygen atoms in total. The summed E-state index contributed by atoms with van der Waals surface area (Å²) in [6.45, 7) is 5.19. The Bertz CT molecular complexity index is 671. The maximum Gasteiger partial charge on any atom is 0.259 e. The van der Waals surface area contributed by atoms with E-state index >= 15 is 0 Å². The molecule has 0 spiro atoms. The Morgan fingerprint density at radius 1 is 1.35 bits per heavy atom. The lowest BCUT2D eigenvalue weighted by Crippen LogP contribution is -2.29. The third-order valence-corrected chi connectivity index (χ3v) is 4.50. The molecule has 1 fully saturated rings. The largest absolute Gasteiger partial charge is 0.497 e. The highest BCUT2D eigenvalue weighted by atomic mass is 16.5. The van der Waals surface area contributed by atoms with Crippen molar-refractivity contribution in [1.82, 2.24) is 10.1 Å². The molecule has 0 radical (unpaired) electrons. The minimum Gasteiger partial charge on any atom is -0.497 e. The number of carbonyl (C=O) groups excluding carboxylic acids is 1. The second-order valence-corrected chi connectivity index (χ2v) is 6.16. The van der Waals surface area contributed by atoms with Crippen LogP contribution in [0.5, 0.6) is 5.75 Å². The summed E-state index contributed by atoms with van der Waals surface area (Å²) in [5, 5.41) is 3.88. The highest BCUT2D eigenvalue weighted by Crippen LogP contribution is 2.25. The summed E-state index contributed by atoms with van der Waals surface area (Å²) in [4.78, 5) is 14.6. The molecule has 1 aromatic heterocycles. The van der Waals surface area contributed by atoms with E-state index in [2.05, 4.69) is 17.3 Å². The summed E-state index contributed by atoms with van der Waals surface area (Å²) >= 11 is 0. The fourth-order valence-corrected chi connectivity index (χ4v) is 3.23. The number of likely N-dealkylation sites (tertiary alicyclic amines) is 1. The quantitative estimate of drug-likeness (QED) is 0.870. The number of ether oxygens (including phenoxy) is 1. The molecule has 2 heterocycles. The van der Waals surface area contributed by atoms with Gasteiger partial charge in [0.2, 0.25) is 0 Å². The second kappa shape index (κ2) is 6.44. The molecule has 1 aliphatic heterocycles. The zero-order chi connectivity index (χ0) is 16.4. The number of carbonyl (C=O) groups is 1. The molecule has 23 heavy (non-hydrogen) atoms. The van der Waals surface area contributed by atoms with E-state index in [1.54, 1.807) is 14.0 Å². The van der Waals surface area contributed by atoms with Crippen LogP contribution in [0.1, 0.15) is 33.8 Å². The van der Waals surface area contributed by atoms with E-state index in [1.807, 2.05) is 24.0 Å². The van der Waals surface area contributed by atoms with Crippen LogP contribution in [-0.4, -0.2) is 36.2 Å². The third kappa shape index (κ3) is 3.23. The van der Waals surface area contributed by atoms with Crippen LogP contribution < -0.4 is 4.74 Å². The zero-order valence-electron chi connectivity index (χ0n) is 13.8. The van der Waals surface area contributed by atoms with Crippen LogP contribution in [0.25, 0.3) is 0 Å². The maximum absolute atomic E-state index is 12.6. The van der Waals surface area contributed by atoms with Gasteiger partial charge in [0.15, 0.2) is 0 Å². The van der Waals surface area contributed by atoms with Crippen molar-refractivity contribution >= 4 is 5.91 Å². The first-order chi connectivity index (χ1) is 11.1. The summed E-state index contributed by atoms with van der Waals surface area (Å²) in [6.07, 6.45) is 2.01. The Morgan fingerprint density at radius 3 is 2.70 bits per heavy atom. The lowest BCUT2D eigenvalue weighted by Gasteiger charge is -2.16. The number of rotatable bonds is 4. The van der Waals surface area contributed by atoms with Crippen molar-refractivity contribution in [2.45, 2.75) is 26.7 Å². The molecule has 1 amide bonds. The number of aromatic nitrogens is 1. The Balaban J connectivity index is 1.63. The van der Waals surface area contributed by atoms with Gasteiger partial charge in [-0.3, -0.25) is 4.79 Å². The molecular formula is C18H22N2O3. The fourth-order valence-electron chi connectivity index (χ4n) is 3.23. The monoisotopic (exact) mass is 314 g/mol. The van der Waals surface area contributed by atoms with Crippen molar-refractivity contribution in [3.8, 4) is 5.75 Å². The summed E-state index contributed by atoms with van der Waals surface area (Å²) in [5.41, 5.74) is 2.57. The van der Waals surface area contributed by atoms with Crippen LogP contribution in [0, 0.1) is 19.8 Å². The molecule has 1 aromatic carbocycles. The molecule has 122 valence electrons. The van der Waals surface area contributed by atoms with Gasteiger partial charge in [0.05, 0.1) is 12.8 Å². The van der Waals surface area contributed by atoms with E-state index in [4.69, 9.17) is 9.26 Å². The van der Waals surface area contributed by atoms with Crippen molar-refractivity contribution in [2.75, 3.05) is 20.2 Å².